The summed E-state index contributed by atoms with van der Waals surface area (Å²) in [5.74, 6) is -0.102. The van der Waals surface area contributed by atoms with Gasteiger partial charge in [-0.25, -0.2) is 9.59 Å². The third kappa shape index (κ3) is 20.9. The Morgan fingerprint density at radius 3 is 1.47 bits per heavy atom. The average molecular weight is 900 g/mol. The van der Waals surface area contributed by atoms with Gasteiger partial charge in [-0.15, -0.1) is 26.3 Å². The Balaban J connectivity index is 0. The van der Waals surface area contributed by atoms with Gasteiger partial charge in [-0.05, 0) is 90.9 Å². The standard InChI is InChI=1S/C22H36N2O3.C12H19NO4.C10H19N.C2H3N.2CO2/c1-9-15-13-14-23(20(26)27-22(6,7)8)18(15)19(25)24-16(10-2)11-12-17(24)21(3,4)5;1-5-9-6-7-13(10(9)16-8-14)11(15)17-12(2,3)4;1-5-8-6-7-9(11-8)10(2,3)4;1-2-3;2*2-1-3/h9-10,15-18H,1-2,11-14H2,3-8H3;5,8-10H,1,6-7H2,2-4H3;5,8-9,11H,1,6-7H2,2-4H3;1H3;;/t15-,16-,17-,18?;9-,10+;8-,9-;;;/m000.../s1. The lowest BCUT2D eigenvalue weighted by atomic mass is 9.84. The van der Waals surface area contributed by atoms with Crippen LogP contribution in [0.15, 0.2) is 50.6 Å². The van der Waals surface area contributed by atoms with E-state index in [2.05, 4.69) is 73.2 Å². The molecule has 4 heterocycles. The molecule has 360 valence electrons. The van der Waals surface area contributed by atoms with Crippen molar-refractivity contribution in [3.05, 3.63) is 50.6 Å². The van der Waals surface area contributed by atoms with E-state index >= 15 is 0 Å². The lowest BCUT2D eigenvalue weighted by Crippen LogP contribution is -2.55. The molecule has 16 heteroatoms. The first-order valence-electron chi connectivity index (χ1n) is 21.5. The molecule has 0 saturated carbocycles. The molecule has 0 aromatic heterocycles. The summed E-state index contributed by atoms with van der Waals surface area (Å²) in [6.07, 6.45) is 12.2. The fourth-order valence-corrected chi connectivity index (χ4v) is 7.70. The van der Waals surface area contributed by atoms with E-state index in [1.54, 1.807) is 43.9 Å². The third-order valence-corrected chi connectivity index (χ3v) is 10.6. The lowest BCUT2D eigenvalue weighted by molar-refractivity contribution is -0.193. The Hall–Kier alpha value is -5.35. The summed E-state index contributed by atoms with van der Waals surface area (Å²) in [6.45, 7) is 42.4. The molecule has 4 rings (SSSR count). The molecule has 4 aliphatic rings. The molecule has 1 N–H and O–H groups in total. The van der Waals surface area contributed by atoms with Crippen molar-refractivity contribution in [1.29, 1.82) is 5.26 Å². The van der Waals surface area contributed by atoms with Crippen LogP contribution in [0.1, 0.15) is 129 Å². The van der Waals surface area contributed by atoms with Gasteiger partial charge in [0, 0.05) is 50.0 Å². The molecule has 4 fully saturated rings. The molecule has 0 aliphatic carbocycles. The van der Waals surface area contributed by atoms with Crippen LogP contribution in [0.3, 0.4) is 0 Å². The van der Waals surface area contributed by atoms with Crippen LogP contribution in [0.5, 0.6) is 0 Å². The number of hydrogen-bond donors (Lipinski definition) is 1. The van der Waals surface area contributed by atoms with Crippen molar-refractivity contribution in [3.8, 4) is 6.07 Å². The Morgan fingerprint density at radius 1 is 0.656 bits per heavy atom. The molecule has 8 atom stereocenters. The Kier molecular flexibility index (Phi) is 27.0. The van der Waals surface area contributed by atoms with Crippen molar-refractivity contribution >= 4 is 36.9 Å². The topological polar surface area (TPSA) is 210 Å². The molecular weight excluding hydrogens is 823 g/mol. The zero-order valence-electron chi connectivity index (χ0n) is 40.8. The number of nitrogens with one attached hydrogen (secondary N) is 1. The first kappa shape index (κ1) is 60.7. The molecule has 0 aromatic rings. The van der Waals surface area contributed by atoms with E-state index in [9.17, 15) is 19.2 Å². The van der Waals surface area contributed by atoms with E-state index in [4.69, 9.17) is 38.7 Å². The van der Waals surface area contributed by atoms with E-state index in [0.717, 1.165) is 25.7 Å². The van der Waals surface area contributed by atoms with Crippen LogP contribution in [0.2, 0.25) is 0 Å². The van der Waals surface area contributed by atoms with E-state index in [0.29, 0.717) is 37.1 Å². The Labute approximate surface area is 382 Å². The van der Waals surface area contributed by atoms with Crippen molar-refractivity contribution < 1.29 is 52.6 Å². The predicted molar refractivity (Wildman–Crippen MR) is 241 cm³/mol. The SMILES string of the molecule is C=C[C@H]1CCN(C(=O)OC(C)(C)C)C1C(=O)N1[C@H](C(C)(C)C)CC[C@@H]1C=C.C=C[C@H]1CCN(C(=O)OC(C)(C)C)[C@@H]1OC=O.C=C[C@H]1CC[C@@H](C(C)(C)C)N1.CC#N.O=C=O.O=C=O. The van der Waals surface area contributed by atoms with Gasteiger partial charge in [-0.1, -0.05) is 65.8 Å². The Morgan fingerprint density at radius 2 is 1.11 bits per heavy atom. The molecule has 64 heavy (non-hydrogen) atoms. The highest BCUT2D eigenvalue weighted by Crippen LogP contribution is 2.39. The highest BCUT2D eigenvalue weighted by molar-refractivity contribution is 5.88. The van der Waals surface area contributed by atoms with Gasteiger partial charge in [0.1, 0.15) is 17.2 Å². The van der Waals surface area contributed by atoms with Crippen molar-refractivity contribution in [2.75, 3.05) is 13.1 Å². The monoisotopic (exact) mass is 900 g/mol. The maximum atomic E-state index is 13.7. The molecule has 4 aliphatic heterocycles. The molecule has 0 aromatic carbocycles. The molecule has 16 nitrogen and oxygen atoms in total. The van der Waals surface area contributed by atoms with E-state index < -0.39 is 35.7 Å². The zero-order valence-corrected chi connectivity index (χ0v) is 40.8. The molecule has 1 unspecified atom stereocenters. The fraction of sp³-hybridized carbons (Fsp3) is 0.688. The number of hydrogen-bond acceptors (Lipinski definition) is 13. The van der Waals surface area contributed by atoms with Gasteiger partial charge in [-0.2, -0.15) is 24.4 Å². The zero-order chi connectivity index (χ0) is 50.2. The fourth-order valence-electron chi connectivity index (χ4n) is 7.70. The number of nitriles is 1. The summed E-state index contributed by atoms with van der Waals surface area (Å²) in [6, 6.07) is 2.56. The van der Waals surface area contributed by atoms with Crippen LogP contribution in [0, 0.1) is 34.0 Å². The van der Waals surface area contributed by atoms with Gasteiger partial charge in [0.25, 0.3) is 6.47 Å². The molecule has 4 saturated heterocycles. The second-order valence-electron chi connectivity index (χ2n) is 19.7. The van der Waals surface area contributed by atoms with Crippen LogP contribution in [0.4, 0.5) is 9.59 Å². The second kappa shape index (κ2) is 28.4. The van der Waals surface area contributed by atoms with Gasteiger partial charge < -0.3 is 24.4 Å². The van der Waals surface area contributed by atoms with Crippen molar-refractivity contribution in [2.24, 2.45) is 22.7 Å². The summed E-state index contributed by atoms with van der Waals surface area (Å²) in [4.78, 5) is 86.3. The highest BCUT2D eigenvalue weighted by Gasteiger charge is 2.49. The number of carbonyl (C=O) groups excluding carboxylic acids is 8. The summed E-state index contributed by atoms with van der Waals surface area (Å²) in [5, 5.41) is 10.9. The summed E-state index contributed by atoms with van der Waals surface area (Å²) in [7, 11) is 0. The quantitative estimate of drug-likeness (QED) is 0.146. The van der Waals surface area contributed by atoms with E-state index in [1.807, 2.05) is 37.8 Å². The first-order valence-corrected chi connectivity index (χ1v) is 21.5. The minimum absolute atomic E-state index is 0.00766. The van der Waals surface area contributed by atoms with Crippen LogP contribution >= 0.6 is 0 Å². The summed E-state index contributed by atoms with van der Waals surface area (Å²) in [5.41, 5.74) is -0.790. The van der Waals surface area contributed by atoms with Gasteiger partial charge in [-0.3, -0.25) is 19.4 Å². The maximum absolute atomic E-state index is 13.7. The van der Waals surface area contributed by atoms with Crippen LogP contribution in [-0.4, -0.2) is 112 Å². The number of amides is 3. The second-order valence-corrected chi connectivity index (χ2v) is 19.7. The summed E-state index contributed by atoms with van der Waals surface area (Å²) >= 11 is 0. The van der Waals surface area contributed by atoms with Crippen LogP contribution in [0.25, 0.3) is 0 Å². The van der Waals surface area contributed by atoms with Gasteiger partial charge in [0.2, 0.25) is 5.91 Å². The molecule has 3 amide bonds. The lowest BCUT2D eigenvalue weighted by Gasteiger charge is -2.40. The maximum Gasteiger partial charge on any atom is 0.413 e. The number of ether oxygens (including phenoxy) is 3. The smallest absolute Gasteiger partial charge is 0.413 e. The van der Waals surface area contributed by atoms with Gasteiger partial charge in [0.15, 0.2) is 6.23 Å². The normalized spacial score (nSPS) is 24.6. The van der Waals surface area contributed by atoms with Crippen LogP contribution < -0.4 is 5.32 Å². The first-order chi connectivity index (χ1) is 29.6. The van der Waals surface area contributed by atoms with Gasteiger partial charge in [0.05, 0.1) is 12.1 Å². The van der Waals surface area contributed by atoms with E-state index in [1.165, 1.54) is 24.7 Å². The predicted octanol–water partition coefficient (Wildman–Crippen LogP) is 8.02. The molecule has 0 radical (unpaired) electrons. The van der Waals surface area contributed by atoms with Crippen molar-refractivity contribution in [1.82, 2.24) is 20.0 Å². The largest absolute Gasteiger partial charge is 0.444 e. The van der Waals surface area contributed by atoms with Crippen LogP contribution in [-0.2, 0) is 43.0 Å². The molecule has 0 spiro atoms. The van der Waals surface area contributed by atoms with Gasteiger partial charge >= 0.3 is 24.5 Å². The minimum atomic E-state index is -0.597. The van der Waals surface area contributed by atoms with E-state index in [-0.39, 0.29) is 47.5 Å². The number of likely N-dealkylation sites (tertiary alicyclic amines) is 3. The third-order valence-electron chi connectivity index (χ3n) is 10.6. The molecule has 0 bridgehead atoms. The van der Waals surface area contributed by atoms with Crippen molar-refractivity contribution in [3.63, 3.8) is 0 Å². The van der Waals surface area contributed by atoms with Crippen molar-refractivity contribution in [2.45, 2.75) is 176 Å². The molecular formula is C48H77N5O11. The summed E-state index contributed by atoms with van der Waals surface area (Å²) < 4.78 is 15.7. The Bertz CT molecular complexity index is 1620. The average Bonchev–Trinajstić information content (AvgIpc) is 3.99. The number of nitrogens with zero attached hydrogens (tertiary/aromatic N) is 4. The number of rotatable bonds is 7. The highest BCUT2D eigenvalue weighted by atomic mass is 16.6. The number of carbonyl (C=O) groups is 4. The minimum Gasteiger partial charge on any atom is -0.444 e.